The normalized spacial score (nSPS) is 18.0. The molecule has 1 fully saturated rings. The van der Waals surface area contributed by atoms with Crippen molar-refractivity contribution < 1.29 is 18.8 Å². The van der Waals surface area contributed by atoms with E-state index < -0.39 is 0 Å². The molecule has 0 bridgehead atoms. The molecule has 1 aromatic carbocycles. The summed E-state index contributed by atoms with van der Waals surface area (Å²) in [5.41, 5.74) is 1.08. The molecule has 23 heavy (non-hydrogen) atoms. The fraction of sp³-hybridized carbons (Fsp3) is 0.412. The van der Waals surface area contributed by atoms with Crippen molar-refractivity contribution in [2.24, 2.45) is 0 Å². The van der Waals surface area contributed by atoms with E-state index in [-0.39, 0.29) is 12.0 Å². The molecule has 3 rings (SSSR count). The van der Waals surface area contributed by atoms with Crippen LogP contribution in [-0.4, -0.2) is 48.9 Å². The van der Waals surface area contributed by atoms with Gasteiger partial charge in [-0.25, -0.2) is 0 Å². The van der Waals surface area contributed by atoms with Crippen molar-refractivity contribution in [3.63, 3.8) is 0 Å². The minimum absolute atomic E-state index is 0.0910. The molecule has 1 aliphatic rings. The van der Waals surface area contributed by atoms with Gasteiger partial charge in [0.2, 0.25) is 0 Å². The highest BCUT2D eigenvalue weighted by molar-refractivity contribution is 5.93. The van der Waals surface area contributed by atoms with E-state index in [1.54, 1.807) is 18.1 Å². The Balaban J connectivity index is 1.80. The van der Waals surface area contributed by atoms with Gasteiger partial charge >= 0.3 is 0 Å². The molecule has 6 heteroatoms. The van der Waals surface area contributed by atoms with E-state index >= 15 is 0 Å². The average Bonchev–Trinajstić information content (AvgIpc) is 3.11. The molecule has 0 saturated carbocycles. The van der Waals surface area contributed by atoms with Crippen molar-refractivity contribution in [3.8, 4) is 17.1 Å². The average molecular weight is 316 g/mol. The Morgan fingerprint density at radius 2 is 2.26 bits per heavy atom. The van der Waals surface area contributed by atoms with Gasteiger partial charge in [0, 0.05) is 19.2 Å². The van der Waals surface area contributed by atoms with Crippen LogP contribution >= 0.6 is 0 Å². The molecule has 1 aliphatic heterocycles. The Hall–Kier alpha value is -2.34. The highest BCUT2D eigenvalue weighted by Crippen LogP contribution is 2.30. The lowest BCUT2D eigenvalue weighted by molar-refractivity contribution is -0.0229. The molecule has 0 unspecified atom stereocenters. The van der Waals surface area contributed by atoms with E-state index in [2.05, 4.69) is 12.1 Å². The van der Waals surface area contributed by atoms with Crippen molar-refractivity contribution in [2.75, 3.05) is 26.8 Å². The van der Waals surface area contributed by atoms with Crippen LogP contribution in [0.25, 0.3) is 11.3 Å². The summed E-state index contributed by atoms with van der Waals surface area (Å²) in [6, 6.07) is 9.14. The van der Waals surface area contributed by atoms with Gasteiger partial charge in [0.1, 0.15) is 5.75 Å². The highest BCUT2D eigenvalue weighted by atomic mass is 16.5. The summed E-state index contributed by atoms with van der Waals surface area (Å²) in [4.78, 5) is 14.3. The minimum atomic E-state index is -0.128. The van der Waals surface area contributed by atoms with Gasteiger partial charge in [-0.2, -0.15) is 0 Å². The molecule has 0 radical (unpaired) electrons. The molecule has 1 aromatic heterocycles. The van der Waals surface area contributed by atoms with Crippen LogP contribution in [0.5, 0.6) is 5.75 Å². The molecule has 122 valence electrons. The smallest absolute Gasteiger partial charge is 0.276 e. The number of para-hydroxylation sites is 1. The third-order valence-electron chi connectivity index (χ3n) is 3.98. The number of ether oxygens (including phenoxy) is 2. The monoisotopic (exact) mass is 316 g/mol. The predicted molar refractivity (Wildman–Crippen MR) is 84.4 cm³/mol. The number of hydrogen-bond acceptors (Lipinski definition) is 5. The summed E-state index contributed by atoms with van der Waals surface area (Å²) in [6.45, 7) is 3.77. The molecule has 0 aliphatic carbocycles. The molecular formula is C17H20N2O4. The first-order valence-electron chi connectivity index (χ1n) is 7.74. The van der Waals surface area contributed by atoms with E-state index in [0.717, 1.165) is 12.0 Å². The second kappa shape index (κ2) is 6.83. The predicted octanol–water partition coefficient (Wildman–Crippen LogP) is 2.60. The number of nitrogens with zero attached hydrogens (tertiary/aromatic N) is 2. The van der Waals surface area contributed by atoms with Gasteiger partial charge in [-0.1, -0.05) is 24.2 Å². The number of aromatic nitrogens is 1. The quantitative estimate of drug-likeness (QED) is 0.867. The fourth-order valence-corrected chi connectivity index (χ4v) is 2.66. The van der Waals surface area contributed by atoms with E-state index in [0.29, 0.717) is 36.9 Å². The lowest BCUT2D eigenvalue weighted by Crippen LogP contribution is -2.45. The first-order chi connectivity index (χ1) is 11.2. The Labute approximate surface area is 135 Å². The van der Waals surface area contributed by atoms with Crippen LogP contribution in [0, 0.1) is 0 Å². The summed E-state index contributed by atoms with van der Waals surface area (Å²) < 4.78 is 16.3. The number of methoxy groups -OCH3 is 1. The second-order valence-corrected chi connectivity index (χ2v) is 5.43. The highest BCUT2D eigenvalue weighted by Gasteiger charge is 2.26. The Morgan fingerprint density at radius 1 is 1.43 bits per heavy atom. The van der Waals surface area contributed by atoms with E-state index in [1.807, 2.05) is 24.3 Å². The molecule has 0 spiro atoms. The van der Waals surface area contributed by atoms with Crippen LogP contribution in [-0.2, 0) is 4.74 Å². The molecule has 1 amide bonds. The Bertz CT molecular complexity index is 683. The van der Waals surface area contributed by atoms with E-state index in [9.17, 15) is 4.79 Å². The number of morpholine rings is 1. The zero-order valence-electron chi connectivity index (χ0n) is 13.3. The summed E-state index contributed by atoms with van der Waals surface area (Å²) >= 11 is 0. The summed E-state index contributed by atoms with van der Waals surface area (Å²) in [5, 5.41) is 3.93. The van der Waals surface area contributed by atoms with Gasteiger partial charge in [-0.15, -0.1) is 0 Å². The summed E-state index contributed by atoms with van der Waals surface area (Å²) in [5.74, 6) is 1.07. The molecule has 1 saturated heterocycles. The third-order valence-corrected chi connectivity index (χ3v) is 3.98. The molecular weight excluding hydrogens is 296 g/mol. The fourth-order valence-electron chi connectivity index (χ4n) is 2.66. The van der Waals surface area contributed by atoms with Crippen molar-refractivity contribution in [1.82, 2.24) is 10.1 Å². The number of carbonyl (C=O) groups excluding carboxylic acids is 1. The molecule has 0 N–H and O–H groups in total. The SMILES string of the molecule is CC[C@H]1CN(C(=O)c2cc(-c3ccccc3OC)on2)CCO1. The number of carbonyl (C=O) groups is 1. The topological polar surface area (TPSA) is 64.8 Å². The van der Waals surface area contributed by atoms with E-state index in [1.165, 1.54) is 0 Å². The van der Waals surface area contributed by atoms with Gasteiger partial charge < -0.3 is 18.9 Å². The zero-order chi connectivity index (χ0) is 16.2. The van der Waals surface area contributed by atoms with Gasteiger partial charge in [-0.3, -0.25) is 4.79 Å². The standard InChI is InChI=1S/C17H20N2O4/c1-3-12-11-19(8-9-22-12)17(20)14-10-16(23-18-14)13-6-4-5-7-15(13)21-2/h4-7,10,12H,3,8-9,11H2,1-2H3/t12-/m0/s1. The first kappa shape index (κ1) is 15.6. The molecule has 2 aromatic rings. The lowest BCUT2D eigenvalue weighted by Gasteiger charge is -2.31. The maximum Gasteiger partial charge on any atom is 0.276 e. The van der Waals surface area contributed by atoms with Gasteiger partial charge in [0.25, 0.3) is 5.91 Å². The molecule has 2 heterocycles. The first-order valence-corrected chi connectivity index (χ1v) is 7.74. The van der Waals surface area contributed by atoms with Crippen LogP contribution in [0.15, 0.2) is 34.9 Å². The van der Waals surface area contributed by atoms with Crippen molar-refractivity contribution in [1.29, 1.82) is 0 Å². The van der Waals surface area contributed by atoms with Crippen LogP contribution in [0.1, 0.15) is 23.8 Å². The maximum absolute atomic E-state index is 12.6. The van der Waals surface area contributed by atoms with Gasteiger partial charge in [0.15, 0.2) is 11.5 Å². The van der Waals surface area contributed by atoms with Crippen LogP contribution in [0.3, 0.4) is 0 Å². The van der Waals surface area contributed by atoms with Crippen LogP contribution in [0.2, 0.25) is 0 Å². The summed E-state index contributed by atoms with van der Waals surface area (Å²) in [7, 11) is 1.60. The number of hydrogen-bond donors (Lipinski definition) is 0. The third kappa shape index (κ3) is 3.22. The van der Waals surface area contributed by atoms with E-state index in [4.69, 9.17) is 14.0 Å². The number of benzene rings is 1. The number of rotatable bonds is 4. The maximum atomic E-state index is 12.6. The Morgan fingerprint density at radius 3 is 3.04 bits per heavy atom. The van der Waals surface area contributed by atoms with Gasteiger partial charge in [0.05, 0.1) is 25.4 Å². The summed E-state index contributed by atoms with van der Waals surface area (Å²) in [6.07, 6.45) is 0.975. The molecule has 1 atom stereocenters. The van der Waals surface area contributed by atoms with Crippen molar-refractivity contribution >= 4 is 5.91 Å². The lowest BCUT2D eigenvalue weighted by atomic mass is 10.1. The van der Waals surface area contributed by atoms with Crippen LogP contribution < -0.4 is 4.74 Å². The van der Waals surface area contributed by atoms with Crippen LogP contribution in [0.4, 0.5) is 0 Å². The largest absolute Gasteiger partial charge is 0.496 e. The molecule has 6 nitrogen and oxygen atoms in total. The van der Waals surface area contributed by atoms with Crippen molar-refractivity contribution in [3.05, 3.63) is 36.0 Å². The Kier molecular flexibility index (Phi) is 4.62. The minimum Gasteiger partial charge on any atom is -0.496 e. The van der Waals surface area contributed by atoms with Crippen molar-refractivity contribution in [2.45, 2.75) is 19.4 Å². The number of amides is 1. The van der Waals surface area contributed by atoms with Gasteiger partial charge in [-0.05, 0) is 18.6 Å². The zero-order valence-corrected chi connectivity index (χ0v) is 13.3. The second-order valence-electron chi connectivity index (χ2n) is 5.43.